The van der Waals surface area contributed by atoms with Gasteiger partial charge < -0.3 is 19.8 Å². The Balaban J connectivity index is 1.56. The first kappa shape index (κ1) is 17.8. The second kappa shape index (κ2) is 9.57. The second-order valence-electron chi connectivity index (χ2n) is 6.13. The lowest BCUT2D eigenvalue weighted by Gasteiger charge is -2.35. The maximum absolute atomic E-state index is 5.76. The maximum Gasteiger partial charge on any atom is 0.190 e. The lowest BCUT2D eigenvalue weighted by atomic mass is 10.2. The molecule has 2 heterocycles. The van der Waals surface area contributed by atoms with Crippen molar-refractivity contribution in [1.82, 2.24) is 15.5 Å². The number of nitrogens with one attached hydrogen (secondary N) is 2. The summed E-state index contributed by atoms with van der Waals surface area (Å²) in [7, 11) is 1.80. The monoisotopic (exact) mass is 322 g/mol. The Morgan fingerprint density at radius 2 is 2.00 bits per heavy atom. The Morgan fingerprint density at radius 3 is 2.65 bits per heavy atom. The SMILES string of the molecule is CN=C(NCCCN1CC(C)OC(C)C1)NCCc1ccco1. The van der Waals surface area contributed by atoms with Gasteiger partial charge in [-0.2, -0.15) is 0 Å². The normalized spacial score (nSPS) is 23.0. The molecule has 23 heavy (non-hydrogen) atoms. The number of aliphatic imine (C=N–C) groups is 1. The van der Waals surface area contributed by atoms with E-state index in [-0.39, 0.29) is 0 Å². The molecule has 1 fully saturated rings. The molecule has 2 rings (SSSR count). The van der Waals surface area contributed by atoms with Crippen molar-refractivity contribution in [3.63, 3.8) is 0 Å². The van der Waals surface area contributed by atoms with Gasteiger partial charge in [0.05, 0.1) is 18.5 Å². The summed E-state index contributed by atoms with van der Waals surface area (Å²) in [6.45, 7) is 9.17. The molecule has 0 saturated carbocycles. The van der Waals surface area contributed by atoms with Crippen LogP contribution in [-0.2, 0) is 11.2 Å². The zero-order valence-corrected chi connectivity index (χ0v) is 14.5. The zero-order chi connectivity index (χ0) is 16.5. The molecule has 2 N–H and O–H groups in total. The molecule has 2 atom stereocenters. The fourth-order valence-corrected chi connectivity index (χ4v) is 2.96. The smallest absolute Gasteiger partial charge is 0.190 e. The van der Waals surface area contributed by atoms with Crippen molar-refractivity contribution in [2.75, 3.05) is 39.8 Å². The molecule has 1 aliphatic rings. The Labute approximate surface area is 139 Å². The molecule has 130 valence electrons. The topological polar surface area (TPSA) is 62.0 Å². The van der Waals surface area contributed by atoms with Gasteiger partial charge in [-0.15, -0.1) is 0 Å². The van der Waals surface area contributed by atoms with E-state index in [1.54, 1.807) is 13.3 Å². The first-order valence-corrected chi connectivity index (χ1v) is 8.52. The van der Waals surface area contributed by atoms with Gasteiger partial charge in [-0.25, -0.2) is 0 Å². The van der Waals surface area contributed by atoms with Crippen molar-refractivity contribution < 1.29 is 9.15 Å². The van der Waals surface area contributed by atoms with E-state index in [9.17, 15) is 0 Å². The zero-order valence-electron chi connectivity index (χ0n) is 14.5. The Hall–Kier alpha value is -1.53. The van der Waals surface area contributed by atoms with Crippen LogP contribution in [0.25, 0.3) is 0 Å². The van der Waals surface area contributed by atoms with Crippen LogP contribution in [0.4, 0.5) is 0 Å². The number of hydrogen-bond donors (Lipinski definition) is 2. The summed E-state index contributed by atoms with van der Waals surface area (Å²) in [4.78, 5) is 6.73. The van der Waals surface area contributed by atoms with Gasteiger partial charge in [0.25, 0.3) is 0 Å². The number of morpholine rings is 1. The third-order valence-corrected chi connectivity index (χ3v) is 3.91. The van der Waals surface area contributed by atoms with Crippen LogP contribution in [0.2, 0.25) is 0 Å². The van der Waals surface area contributed by atoms with Crippen molar-refractivity contribution >= 4 is 5.96 Å². The fourth-order valence-electron chi connectivity index (χ4n) is 2.96. The van der Waals surface area contributed by atoms with Gasteiger partial charge in [-0.3, -0.25) is 9.89 Å². The summed E-state index contributed by atoms with van der Waals surface area (Å²) in [5.74, 6) is 1.84. The predicted octanol–water partition coefficient (Wildman–Crippen LogP) is 1.49. The van der Waals surface area contributed by atoms with Crippen molar-refractivity contribution in [3.05, 3.63) is 24.2 Å². The van der Waals surface area contributed by atoms with Gasteiger partial charge in [0.15, 0.2) is 5.96 Å². The molecule has 0 aromatic carbocycles. The number of hydrogen-bond acceptors (Lipinski definition) is 4. The van der Waals surface area contributed by atoms with Gasteiger partial charge >= 0.3 is 0 Å². The van der Waals surface area contributed by atoms with Gasteiger partial charge in [-0.1, -0.05) is 0 Å². The molecule has 0 bridgehead atoms. The number of nitrogens with zero attached hydrogens (tertiary/aromatic N) is 2. The van der Waals surface area contributed by atoms with Crippen LogP contribution in [0.1, 0.15) is 26.0 Å². The molecule has 0 spiro atoms. The van der Waals surface area contributed by atoms with Gasteiger partial charge in [0.2, 0.25) is 0 Å². The molecule has 6 nitrogen and oxygen atoms in total. The molecular formula is C17H30N4O2. The Kier molecular flexibility index (Phi) is 7.42. The highest BCUT2D eigenvalue weighted by molar-refractivity contribution is 5.79. The molecular weight excluding hydrogens is 292 g/mol. The van der Waals surface area contributed by atoms with Crippen LogP contribution in [0, 0.1) is 0 Å². The van der Waals surface area contributed by atoms with Gasteiger partial charge in [0.1, 0.15) is 5.76 Å². The number of furan rings is 1. The summed E-state index contributed by atoms with van der Waals surface area (Å²) in [5.41, 5.74) is 0. The molecule has 1 aromatic rings. The van der Waals surface area contributed by atoms with E-state index < -0.39 is 0 Å². The van der Waals surface area contributed by atoms with Crippen LogP contribution in [0.15, 0.2) is 27.8 Å². The number of ether oxygens (including phenoxy) is 1. The van der Waals surface area contributed by atoms with E-state index in [1.807, 2.05) is 12.1 Å². The third kappa shape index (κ3) is 6.62. The molecule has 1 aliphatic heterocycles. The lowest BCUT2D eigenvalue weighted by Crippen LogP contribution is -2.46. The average molecular weight is 322 g/mol. The highest BCUT2D eigenvalue weighted by Gasteiger charge is 2.21. The summed E-state index contributed by atoms with van der Waals surface area (Å²) in [6, 6.07) is 3.90. The summed E-state index contributed by atoms with van der Waals surface area (Å²) in [5, 5.41) is 6.67. The lowest BCUT2D eigenvalue weighted by molar-refractivity contribution is -0.0679. The highest BCUT2D eigenvalue weighted by Crippen LogP contribution is 2.10. The molecule has 0 radical (unpaired) electrons. The van der Waals surface area contributed by atoms with Crippen LogP contribution in [0.3, 0.4) is 0 Å². The minimum Gasteiger partial charge on any atom is -0.469 e. The van der Waals surface area contributed by atoms with Crippen molar-refractivity contribution in [2.24, 2.45) is 4.99 Å². The van der Waals surface area contributed by atoms with Crippen LogP contribution >= 0.6 is 0 Å². The molecule has 1 aromatic heterocycles. The first-order chi connectivity index (χ1) is 11.2. The minimum atomic E-state index is 0.336. The van der Waals surface area contributed by atoms with E-state index in [1.165, 1.54) is 0 Å². The van der Waals surface area contributed by atoms with Crippen molar-refractivity contribution in [2.45, 2.75) is 38.9 Å². The van der Waals surface area contributed by atoms with E-state index in [4.69, 9.17) is 9.15 Å². The number of rotatable bonds is 7. The van der Waals surface area contributed by atoms with E-state index >= 15 is 0 Å². The molecule has 6 heteroatoms. The Bertz CT molecular complexity index is 451. The van der Waals surface area contributed by atoms with Crippen LogP contribution in [0.5, 0.6) is 0 Å². The quantitative estimate of drug-likeness (QED) is 0.452. The summed E-state index contributed by atoms with van der Waals surface area (Å²) >= 11 is 0. The minimum absolute atomic E-state index is 0.336. The van der Waals surface area contributed by atoms with Crippen LogP contribution in [-0.4, -0.2) is 62.8 Å². The van der Waals surface area contributed by atoms with E-state index in [0.717, 1.165) is 57.3 Å². The molecule has 0 aliphatic carbocycles. The van der Waals surface area contributed by atoms with Gasteiger partial charge in [0, 0.05) is 46.2 Å². The predicted molar refractivity (Wildman–Crippen MR) is 92.8 cm³/mol. The standard InChI is InChI=1S/C17H30N4O2/c1-14-12-21(13-15(2)23-14)10-5-8-19-17(18-3)20-9-7-16-6-4-11-22-16/h4,6,11,14-15H,5,7-10,12-13H2,1-3H3,(H2,18,19,20). The van der Waals surface area contributed by atoms with Gasteiger partial charge in [-0.05, 0) is 32.4 Å². The van der Waals surface area contributed by atoms with Crippen molar-refractivity contribution in [1.29, 1.82) is 0 Å². The summed E-state index contributed by atoms with van der Waals surface area (Å²) < 4.78 is 11.1. The number of guanidine groups is 1. The molecule has 0 amide bonds. The maximum atomic E-state index is 5.76. The Morgan fingerprint density at radius 1 is 1.26 bits per heavy atom. The van der Waals surface area contributed by atoms with E-state index in [2.05, 4.69) is 34.4 Å². The largest absolute Gasteiger partial charge is 0.469 e. The van der Waals surface area contributed by atoms with E-state index in [0.29, 0.717) is 12.2 Å². The summed E-state index contributed by atoms with van der Waals surface area (Å²) in [6.07, 6.45) is 4.33. The highest BCUT2D eigenvalue weighted by atomic mass is 16.5. The van der Waals surface area contributed by atoms with Crippen LogP contribution < -0.4 is 10.6 Å². The second-order valence-corrected chi connectivity index (χ2v) is 6.13. The molecule has 2 unspecified atom stereocenters. The van der Waals surface area contributed by atoms with Crippen molar-refractivity contribution in [3.8, 4) is 0 Å². The fraction of sp³-hybridized carbons (Fsp3) is 0.706. The first-order valence-electron chi connectivity index (χ1n) is 8.52. The average Bonchev–Trinajstić information content (AvgIpc) is 3.02. The third-order valence-electron chi connectivity index (χ3n) is 3.91. The molecule has 1 saturated heterocycles.